The zero-order chi connectivity index (χ0) is 20.2. The average Bonchev–Trinajstić information content (AvgIpc) is 2.61. The SMILES string of the molecule is CCOC(CCN(C)C)CNC(=NC)NCc1cc(C)ccc1OC(F)F. The van der Waals surface area contributed by atoms with Crippen LogP contribution in [-0.2, 0) is 11.3 Å². The quantitative estimate of drug-likeness (QED) is 0.452. The van der Waals surface area contributed by atoms with Gasteiger partial charge in [0.15, 0.2) is 5.96 Å². The van der Waals surface area contributed by atoms with E-state index in [1.165, 1.54) is 0 Å². The van der Waals surface area contributed by atoms with E-state index < -0.39 is 6.61 Å². The summed E-state index contributed by atoms with van der Waals surface area (Å²) in [5.41, 5.74) is 1.61. The van der Waals surface area contributed by atoms with E-state index in [-0.39, 0.29) is 11.9 Å². The Balaban J connectivity index is 2.62. The summed E-state index contributed by atoms with van der Waals surface area (Å²) in [6.07, 6.45) is 0.961. The van der Waals surface area contributed by atoms with E-state index >= 15 is 0 Å². The number of hydrogen-bond donors (Lipinski definition) is 2. The van der Waals surface area contributed by atoms with Crippen LogP contribution in [0.5, 0.6) is 5.75 Å². The molecule has 1 aromatic rings. The molecule has 0 aliphatic carbocycles. The third kappa shape index (κ3) is 9.53. The van der Waals surface area contributed by atoms with Crippen molar-refractivity contribution in [1.82, 2.24) is 15.5 Å². The lowest BCUT2D eigenvalue weighted by atomic mass is 10.1. The van der Waals surface area contributed by atoms with E-state index in [1.54, 1.807) is 19.2 Å². The highest BCUT2D eigenvalue weighted by Gasteiger charge is 2.12. The maximum absolute atomic E-state index is 12.6. The molecule has 27 heavy (non-hydrogen) atoms. The third-order valence-electron chi connectivity index (χ3n) is 3.90. The molecule has 0 saturated heterocycles. The van der Waals surface area contributed by atoms with Gasteiger partial charge >= 0.3 is 6.61 Å². The van der Waals surface area contributed by atoms with Gasteiger partial charge in [0.05, 0.1) is 6.10 Å². The molecule has 0 heterocycles. The minimum atomic E-state index is -2.85. The van der Waals surface area contributed by atoms with Crippen molar-refractivity contribution < 1.29 is 18.3 Å². The molecule has 1 atom stereocenters. The number of guanidine groups is 1. The summed E-state index contributed by atoms with van der Waals surface area (Å²) in [6, 6.07) is 5.12. The van der Waals surface area contributed by atoms with Gasteiger partial charge in [0.1, 0.15) is 5.75 Å². The largest absolute Gasteiger partial charge is 0.434 e. The van der Waals surface area contributed by atoms with Gasteiger partial charge < -0.3 is 25.0 Å². The van der Waals surface area contributed by atoms with Gasteiger partial charge in [-0.3, -0.25) is 4.99 Å². The molecule has 0 bridgehead atoms. The van der Waals surface area contributed by atoms with Gasteiger partial charge in [-0.05, 0) is 40.4 Å². The van der Waals surface area contributed by atoms with Crippen LogP contribution in [0.3, 0.4) is 0 Å². The first-order valence-corrected chi connectivity index (χ1v) is 9.10. The third-order valence-corrected chi connectivity index (χ3v) is 3.90. The van der Waals surface area contributed by atoms with Gasteiger partial charge in [-0.1, -0.05) is 17.7 Å². The van der Waals surface area contributed by atoms with Crippen LogP contribution in [0.2, 0.25) is 0 Å². The van der Waals surface area contributed by atoms with Gasteiger partial charge in [-0.15, -0.1) is 0 Å². The minimum absolute atomic E-state index is 0.0626. The number of nitrogens with one attached hydrogen (secondary N) is 2. The summed E-state index contributed by atoms with van der Waals surface area (Å²) in [7, 11) is 5.72. The van der Waals surface area contributed by atoms with Crippen LogP contribution in [0.1, 0.15) is 24.5 Å². The molecular formula is C19H32F2N4O2. The van der Waals surface area contributed by atoms with E-state index in [2.05, 4.69) is 25.3 Å². The number of ether oxygens (including phenoxy) is 2. The smallest absolute Gasteiger partial charge is 0.387 e. The van der Waals surface area contributed by atoms with Crippen LogP contribution < -0.4 is 15.4 Å². The fourth-order valence-corrected chi connectivity index (χ4v) is 2.55. The van der Waals surface area contributed by atoms with E-state index in [0.29, 0.717) is 31.2 Å². The Morgan fingerprint density at radius 2 is 2.00 bits per heavy atom. The Morgan fingerprint density at radius 3 is 2.59 bits per heavy atom. The normalized spacial score (nSPS) is 13.1. The van der Waals surface area contributed by atoms with Crippen LogP contribution >= 0.6 is 0 Å². The van der Waals surface area contributed by atoms with Crippen molar-refractivity contribution in [2.45, 2.75) is 39.5 Å². The molecule has 0 saturated carbocycles. The van der Waals surface area contributed by atoms with Gasteiger partial charge in [0.2, 0.25) is 0 Å². The Bertz CT molecular complexity index is 583. The lowest BCUT2D eigenvalue weighted by Gasteiger charge is -2.21. The molecule has 2 N–H and O–H groups in total. The number of nitrogens with zero attached hydrogens (tertiary/aromatic N) is 2. The van der Waals surface area contributed by atoms with E-state index in [9.17, 15) is 8.78 Å². The summed E-state index contributed by atoms with van der Waals surface area (Å²) in [4.78, 5) is 6.30. The first-order valence-electron chi connectivity index (χ1n) is 9.10. The fraction of sp³-hybridized carbons (Fsp3) is 0.632. The second-order valence-corrected chi connectivity index (χ2v) is 6.47. The average molecular weight is 386 g/mol. The number of aliphatic imine (C=N–C) groups is 1. The summed E-state index contributed by atoms with van der Waals surface area (Å²) in [6.45, 7) is 3.51. The molecule has 0 aromatic heterocycles. The molecule has 0 radical (unpaired) electrons. The van der Waals surface area contributed by atoms with Gasteiger partial charge in [0, 0.05) is 38.9 Å². The standard InChI is InChI=1S/C19H32F2N4O2/c1-6-26-16(9-10-25(4)5)13-24-19(22-3)23-12-15-11-14(2)7-8-17(15)27-18(20)21/h7-8,11,16,18H,6,9-10,12-13H2,1-5H3,(H2,22,23,24). The molecule has 0 aliphatic heterocycles. The zero-order valence-corrected chi connectivity index (χ0v) is 16.9. The maximum atomic E-state index is 12.6. The van der Waals surface area contributed by atoms with Crippen molar-refractivity contribution in [3.05, 3.63) is 29.3 Å². The first-order chi connectivity index (χ1) is 12.8. The van der Waals surface area contributed by atoms with Crippen molar-refractivity contribution >= 4 is 5.96 Å². The Kier molecular flexibility index (Phi) is 10.7. The number of halogens is 2. The van der Waals surface area contributed by atoms with Crippen molar-refractivity contribution in [3.8, 4) is 5.75 Å². The predicted molar refractivity (Wildman–Crippen MR) is 105 cm³/mol. The monoisotopic (exact) mass is 386 g/mol. The van der Waals surface area contributed by atoms with E-state index in [0.717, 1.165) is 18.5 Å². The highest BCUT2D eigenvalue weighted by atomic mass is 19.3. The Morgan fingerprint density at radius 1 is 1.26 bits per heavy atom. The molecule has 154 valence electrons. The summed E-state index contributed by atoms with van der Waals surface area (Å²) >= 11 is 0. The summed E-state index contributed by atoms with van der Waals surface area (Å²) in [5.74, 6) is 0.741. The van der Waals surface area contributed by atoms with Gasteiger partial charge in [-0.25, -0.2) is 0 Å². The van der Waals surface area contributed by atoms with Crippen LogP contribution in [0.15, 0.2) is 23.2 Å². The predicted octanol–water partition coefficient (Wildman–Crippen LogP) is 2.62. The van der Waals surface area contributed by atoms with Crippen LogP contribution in [0, 0.1) is 6.92 Å². The lowest BCUT2D eigenvalue weighted by molar-refractivity contribution is -0.0504. The maximum Gasteiger partial charge on any atom is 0.387 e. The molecule has 0 amide bonds. The van der Waals surface area contributed by atoms with E-state index in [1.807, 2.05) is 34.0 Å². The number of alkyl halides is 2. The number of rotatable bonds is 11. The summed E-state index contributed by atoms with van der Waals surface area (Å²) in [5, 5.41) is 6.37. The Hall–Kier alpha value is -1.93. The molecule has 0 fully saturated rings. The second-order valence-electron chi connectivity index (χ2n) is 6.47. The molecule has 1 rings (SSSR count). The number of hydrogen-bond acceptors (Lipinski definition) is 4. The molecule has 1 unspecified atom stereocenters. The highest BCUT2D eigenvalue weighted by molar-refractivity contribution is 5.79. The van der Waals surface area contributed by atoms with Gasteiger partial charge in [-0.2, -0.15) is 8.78 Å². The summed E-state index contributed by atoms with van der Waals surface area (Å²) < 4.78 is 35.5. The van der Waals surface area contributed by atoms with E-state index in [4.69, 9.17) is 4.74 Å². The van der Waals surface area contributed by atoms with Crippen molar-refractivity contribution in [3.63, 3.8) is 0 Å². The molecule has 1 aromatic carbocycles. The molecule has 8 heteroatoms. The Labute approximate surface area is 160 Å². The highest BCUT2D eigenvalue weighted by Crippen LogP contribution is 2.21. The topological polar surface area (TPSA) is 58.1 Å². The number of aryl methyl sites for hydroxylation is 1. The molecule has 0 spiro atoms. The van der Waals surface area contributed by atoms with Crippen molar-refractivity contribution in [2.75, 3.05) is 40.8 Å². The van der Waals surface area contributed by atoms with Crippen molar-refractivity contribution in [1.29, 1.82) is 0 Å². The number of benzene rings is 1. The fourth-order valence-electron chi connectivity index (χ4n) is 2.55. The van der Waals surface area contributed by atoms with Gasteiger partial charge in [0.25, 0.3) is 0 Å². The van der Waals surface area contributed by atoms with Crippen LogP contribution in [0.25, 0.3) is 0 Å². The first kappa shape index (κ1) is 23.1. The van der Waals surface area contributed by atoms with Crippen LogP contribution in [-0.4, -0.2) is 64.4 Å². The van der Waals surface area contributed by atoms with Crippen molar-refractivity contribution in [2.24, 2.45) is 4.99 Å². The lowest BCUT2D eigenvalue weighted by Crippen LogP contribution is -2.42. The second kappa shape index (κ2) is 12.5. The minimum Gasteiger partial charge on any atom is -0.434 e. The van der Waals surface area contributed by atoms with Crippen LogP contribution in [0.4, 0.5) is 8.78 Å². The molecule has 0 aliphatic rings. The molecule has 6 nitrogen and oxygen atoms in total. The molecular weight excluding hydrogens is 354 g/mol. The zero-order valence-electron chi connectivity index (χ0n) is 16.9.